The lowest BCUT2D eigenvalue weighted by Crippen LogP contribution is -2.27. The Balaban J connectivity index is 1.74. The van der Waals surface area contributed by atoms with Crippen molar-refractivity contribution in [2.75, 3.05) is 6.54 Å². The largest absolute Gasteiger partial charge is 0.356 e. The van der Waals surface area contributed by atoms with Crippen LogP contribution in [0.15, 0.2) is 72.9 Å². The molecule has 0 atom stereocenters. The third kappa shape index (κ3) is 5.09. The van der Waals surface area contributed by atoms with Crippen molar-refractivity contribution in [1.82, 2.24) is 14.7 Å². The van der Waals surface area contributed by atoms with Crippen LogP contribution in [0.2, 0.25) is 0 Å². The predicted octanol–water partition coefficient (Wildman–Crippen LogP) is 5.28. The molecule has 0 aliphatic carbocycles. The normalized spacial score (nSPS) is 11.1. The van der Waals surface area contributed by atoms with E-state index in [2.05, 4.69) is 19.2 Å². The lowest BCUT2D eigenvalue weighted by Gasteiger charge is -2.09. The second kappa shape index (κ2) is 9.65. The van der Waals surface area contributed by atoms with Gasteiger partial charge in [-0.1, -0.05) is 56.3 Å². The van der Waals surface area contributed by atoms with Gasteiger partial charge in [-0.2, -0.15) is 0 Å². The quantitative estimate of drug-likeness (QED) is 0.297. The molecule has 0 bridgehead atoms. The third-order valence-corrected chi connectivity index (χ3v) is 5.45. The van der Waals surface area contributed by atoms with Gasteiger partial charge in [-0.25, -0.2) is 4.98 Å². The van der Waals surface area contributed by atoms with E-state index in [1.165, 1.54) is 6.07 Å². The molecule has 2 heterocycles. The highest BCUT2D eigenvalue weighted by Gasteiger charge is 2.17. The van der Waals surface area contributed by atoms with Gasteiger partial charge in [-0.05, 0) is 35.6 Å². The zero-order valence-corrected chi connectivity index (χ0v) is 18.7. The number of hydrogen-bond acceptors (Lipinski definition) is 4. The Bertz CT molecular complexity index is 1300. The number of fused-ring (bicyclic) bond motifs is 1. The van der Waals surface area contributed by atoms with E-state index in [1.807, 2.05) is 59.1 Å². The van der Waals surface area contributed by atoms with Gasteiger partial charge in [0.05, 0.1) is 16.3 Å². The van der Waals surface area contributed by atoms with Gasteiger partial charge in [-0.15, -0.1) is 0 Å². The molecule has 2 aromatic carbocycles. The number of imidazole rings is 1. The number of carbonyl (C=O) groups excluding carboxylic acids is 1. The predicted molar refractivity (Wildman–Crippen MR) is 129 cm³/mol. The van der Waals surface area contributed by atoms with Gasteiger partial charge in [0.2, 0.25) is 5.91 Å². The second-order valence-corrected chi connectivity index (χ2v) is 8.42. The number of non-ortho nitro benzene ring substituents is 1. The van der Waals surface area contributed by atoms with E-state index in [-0.39, 0.29) is 11.6 Å². The van der Waals surface area contributed by atoms with Crippen LogP contribution in [0, 0.1) is 16.0 Å². The van der Waals surface area contributed by atoms with Gasteiger partial charge in [0, 0.05) is 36.9 Å². The number of nitro groups is 1. The molecular weight excluding hydrogens is 416 g/mol. The summed E-state index contributed by atoms with van der Waals surface area (Å²) < 4.78 is 1.99. The first-order chi connectivity index (χ1) is 15.9. The first-order valence-corrected chi connectivity index (χ1v) is 11.0. The molecule has 0 unspecified atom stereocenters. The maximum Gasteiger partial charge on any atom is 0.270 e. The van der Waals surface area contributed by atoms with Gasteiger partial charge in [0.1, 0.15) is 5.65 Å². The van der Waals surface area contributed by atoms with Crippen molar-refractivity contribution in [2.45, 2.75) is 26.7 Å². The number of aromatic nitrogens is 2. The average Bonchev–Trinajstić information content (AvgIpc) is 3.19. The molecule has 4 rings (SSSR count). The van der Waals surface area contributed by atoms with Gasteiger partial charge in [-0.3, -0.25) is 14.9 Å². The van der Waals surface area contributed by atoms with Crippen molar-refractivity contribution in [3.05, 3.63) is 88.7 Å². The molecule has 33 heavy (non-hydrogen) atoms. The molecule has 0 radical (unpaired) electrons. The molecule has 0 saturated carbocycles. The minimum Gasteiger partial charge on any atom is -0.356 e. The summed E-state index contributed by atoms with van der Waals surface area (Å²) in [5, 5.41) is 14.2. The number of nitro benzene ring substituents is 1. The highest BCUT2D eigenvalue weighted by Crippen LogP contribution is 2.29. The summed E-state index contributed by atoms with van der Waals surface area (Å²) in [6.07, 6.45) is 2.81. The van der Waals surface area contributed by atoms with Crippen molar-refractivity contribution < 1.29 is 9.72 Å². The zero-order chi connectivity index (χ0) is 23.4. The molecule has 7 heteroatoms. The number of nitrogens with zero attached hydrogens (tertiary/aromatic N) is 3. The van der Waals surface area contributed by atoms with E-state index in [4.69, 9.17) is 4.98 Å². The summed E-state index contributed by atoms with van der Waals surface area (Å²) in [6.45, 7) is 4.77. The lowest BCUT2D eigenvalue weighted by atomic mass is 10.1. The molecule has 1 N–H and O–H groups in total. The summed E-state index contributed by atoms with van der Waals surface area (Å²) in [5.74, 6) is 0.398. The van der Waals surface area contributed by atoms with E-state index in [1.54, 1.807) is 12.1 Å². The summed E-state index contributed by atoms with van der Waals surface area (Å²) in [4.78, 5) is 28.1. The van der Waals surface area contributed by atoms with E-state index in [9.17, 15) is 14.9 Å². The number of pyridine rings is 1. The van der Waals surface area contributed by atoms with Crippen LogP contribution in [0.4, 0.5) is 5.69 Å². The molecule has 2 aromatic heterocycles. The van der Waals surface area contributed by atoms with E-state index < -0.39 is 4.92 Å². The van der Waals surface area contributed by atoms with Crippen molar-refractivity contribution in [2.24, 2.45) is 5.92 Å². The molecule has 1 amide bonds. The number of rotatable bonds is 8. The van der Waals surface area contributed by atoms with Crippen LogP contribution in [0.1, 0.15) is 26.0 Å². The van der Waals surface area contributed by atoms with Gasteiger partial charge in [0.25, 0.3) is 5.69 Å². The fourth-order valence-electron chi connectivity index (χ4n) is 3.77. The SMILES string of the molecule is CC(C)CNC(=O)CCc1c(-c2ccccc2)nc2ccc(-c3cccc([N+](=O)[O-])c3)cn12. The van der Waals surface area contributed by atoms with Crippen LogP contribution in [0.3, 0.4) is 0 Å². The third-order valence-electron chi connectivity index (χ3n) is 5.45. The Morgan fingerprint density at radius 3 is 2.52 bits per heavy atom. The van der Waals surface area contributed by atoms with E-state index in [0.717, 1.165) is 33.7 Å². The first kappa shape index (κ1) is 22.2. The summed E-state index contributed by atoms with van der Waals surface area (Å²) in [6, 6.07) is 20.3. The Morgan fingerprint density at radius 2 is 1.79 bits per heavy atom. The smallest absolute Gasteiger partial charge is 0.270 e. The minimum atomic E-state index is -0.395. The second-order valence-electron chi connectivity index (χ2n) is 8.42. The van der Waals surface area contributed by atoms with Crippen LogP contribution in [0.25, 0.3) is 28.0 Å². The number of carbonyl (C=O) groups is 1. The molecule has 4 aromatic rings. The summed E-state index contributed by atoms with van der Waals surface area (Å²) in [7, 11) is 0. The van der Waals surface area contributed by atoms with Crippen LogP contribution >= 0.6 is 0 Å². The number of aryl methyl sites for hydroxylation is 1. The number of benzene rings is 2. The summed E-state index contributed by atoms with van der Waals surface area (Å²) in [5.41, 5.74) is 5.16. The Labute approximate surface area is 192 Å². The van der Waals surface area contributed by atoms with Crippen LogP contribution in [-0.4, -0.2) is 26.8 Å². The monoisotopic (exact) mass is 442 g/mol. The van der Waals surface area contributed by atoms with Gasteiger partial charge in [0.15, 0.2) is 0 Å². The van der Waals surface area contributed by atoms with Gasteiger partial charge >= 0.3 is 0 Å². The fourth-order valence-corrected chi connectivity index (χ4v) is 3.77. The van der Waals surface area contributed by atoms with Crippen molar-refractivity contribution in [1.29, 1.82) is 0 Å². The van der Waals surface area contributed by atoms with Crippen molar-refractivity contribution >= 4 is 17.2 Å². The molecule has 7 nitrogen and oxygen atoms in total. The van der Waals surface area contributed by atoms with E-state index >= 15 is 0 Å². The van der Waals surface area contributed by atoms with Crippen molar-refractivity contribution in [3.63, 3.8) is 0 Å². The molecule has 0 spiro atoms. The molecule has 0 aliphatic heterocycles. The number of amides is 1. The van der Waals surface area contributed by atoms with Crippen LogP contribution < -0.4 is 5.32 Å². The highest BCUT2D eigenvalue weighted by atomic mass is 16.6. The number of hydrogen-bond donors (Lipinski definition) is 1. The maximum absolute atomic E-state index is 12.4. The molecule has 0 aliphatic rings. The Hall–Kier alpha value is -4.00. The Kier molecular flexibility index (Phi) is 6.49. The van der Waals surface area contributed by atoms with Gasteiger partial charge < -0.3 is 9.72 Å². The minimum absolute atomic E-state index is 0.00694. The van der Waals surface area contributed by atoms with Crippen molar-refractivity contribution in [3.8, 4) is 22.4 Å². The molecular formula is C26H26N4O3. The topological polar surface area (TPSA) is 89.5 Å². The average molecular weight is 443 g/mol. The van der Waals surface area contributed by atoms with Crippen LogP contribution in [0.5, 0.6) is 0 Å². The standard InChI is InChI=1S/C26H26N4O3/c1-18(2)16-27-25(31)14-12-23-26(19-7-4-3-5-8-19)28-24-13-11-21(17-29(23)24)20-9-6-10-22(15-20)30(32)33/h3-11,13,15,17-18H,12,14,16H2,1-2H3,(H,27,31). The Morgan fingerprint density at radius 1 is 1.03 bits per heavy atom. The molecule has 168 valence electrons. The first-order valence-electron chi connectivity index (χ1n) is 11.0. The maximum atomic E-state index is 12.4. The lowest BCUT2D eigenvalue weighted by molar-refractivity contribution is -0.384. The van der Waals surface area contributed by atoms with Crippen LogP contribution in [-0.2, 0) is 11.2 Å². The molecule has 0 fully saturated rings. The van der Waals surface area contributed by atoms with E-state index in [0.29, 0.717) is 25.3 Å². The molecule has 0 saturated heterocycles. The number of nitrogens with one attached hydrogen (secondary N) is 1. The fraction of sp³-hybridized carbons (Fsp3) is 0.231. The highest BCUT2D eigenvalue weighted by molar-refractivity contribution is 5.77. The zero-order valence-electron chi connectivity index (χ0n) is 18.7. The summed E-state index contributed by atoms with van der Waals surface area (Å²) >= 11 is 0.